The Labute approximate surface area is 176 Å². The number of aromatic nitrogens is 2. The smallest absolute Gasteiger partial charge is 0.251 e. The van der Waals surface area contributed by atoms with Crippen molar-refractivity contribution in [2.24, 2.45) is 5.92 Å². The van der Waals surface area contributed by atoms with Gasteiger partial charge in [-0.3, -0.25) is 9.59 Å². The molecule has 30 heavy (non-hydrogen) atoms. The summed E-state index contributed by atoms with van der Waals surface area (Å²) in [5, 5.41) is 10.7. The maximum atomic E-state index is 13.1. The first-order valence-corrected chi connectivity index (χ1v) is 10.2. The molecule has 2 atom stereocenters. The molecule has 0 radical (unpaired) electrons. The van der Waals surface area contributed by atoms with Crippen molar-refractivity contribution in [3.63, 3.8) is 0 Å². The van der Waals surface area contributed by atoms with Crippen molar-refractivity contribution >= 4 is 17.6 Å². The van der Waals surface area contributed by atoms with E-state index in [1.165, 1.54) is 0 Å². The normalized spacial score (nSPS) is 18.1. The summed E-state index contributed by atoms with van der Waals surface area (Å²) in [6.45, 7) is 8.02. The topological polar surface area (TPSA) is 76.0 Å². The third-order valence-corrected chi connectivity index (χ3v) is 5.61. The SMILES string of the molecule is Cc1cccc(C(=O)N[C@@H]2C(=O)Nc3c(c(C)nn3-c3ccccc3)C2C(C)C)c1. The fourth-order valence-electron chi connectivity index (χ4n) is 4.22. The quantitative estimate of drug-likeness (QED) is 0.693. The number of nitrogens with one attached hydrogen (secondary N) is 2. The minimum absolute atomic E-state index is 0.129. The summed E-state index contributed by atoms with van der Waals surface area (Å²) in [7, 11) is 0. The van der Waals surface area contributed by atoms with Gasteiger partial charge in [0.15, 0.2) is 0 Å². The lowest BCUT2D eigenvalue weighted by atomic mass is 9.79. The highest BCUT2D eigenvalue weighted by Gasteiger charge is 2.42. The molecule has 1 aromatic heterocycles. The van der Waals surface area contributed by atoms with E-state index < -0.39 is 6.04 Å². The maximum absolute atomic E-state index is 13.1. The van der Waals surface area contributed by atoms with E-state index in [1.54, 1.807) is 10.7 Å². The molecule has 1 aliphatic heterocycles. The molecule has 6 nitrogen and oxygen atoms in total. The Bertz CT molecular complexity index is 1100. The molecule has 6 heteroatoms. The van der Waals surface area contributed by atoms with Crippen LogP contribution in [-0.2, 0) is 4.79 Å². The zero-order chi connectivity index (χ0) is 21.4. The Morgan fingerprint density at radius 1 is 1.10 bits per heavy atom. The van der Waals surface area contributed by atoms with Crippen molar-refractivity contribution in [1.82, 2.24) is 15.1 Å². The van der Waals surface area contributed by atoms with Crippen LogP contribution in [0.1, 0.15) is 46.9 Å². The van der Waals surface area contributed by atoms with Crippen molar-refractivity contribution in [3.05, 3.63) is 77.0 Å². The number of benzene rings is 2. The molecule has 2 N–H and O–H groups in total. The molecular weight excluding hydrogens is 376 g/mol. The third kappa shape index (κ3) is 3.49. The lowest BCUT2D eigenvalue weighted by Gasteiger charge is -2.34. The highest BCUT2D eigenvalue weighted by Crippen LogP contribution is 2.40. The second kappa shape index (κ2) is 7.78. The molecule has 0 fully saturated rings. The van der Waals surface area contributed by atoms with E-state index in [1.807, 2.05) is 62.4 Å². The van der Waals surface area contributed by atoms with Gasteiger partial charge in [-0.05, 0) is 44.0 Å². The van der Waals surface area contributed by atoms with Gasteiger partial charge in [0, 0.05) is 17.0 Å². The molecule has 1 aliphatic rings. The Hall–Kier alpha value is -3.41. The van der Waals surface area contributed by atoms with E-state index in [0.29, 0.717) is 11.4 Å². The van der Waals surface area contributed by atoms with E-state index in [9.17, 15) is 9.59 Å². The van der Waals surface area contributed by atoms with Crippen LogP contribution in [0.25, 0.3) is 5.69 Å². The lowest BCUT2D eigenvalue weighted by Crippen LogP contribution is -2.51. The van der Waals surface area contributed by atoms with Gasteiger partial charge < -0.3 is 10.6 Å². The average Bonchev–Trinajstić information content (AvgIpc) is 3.04. The molecule has 4 rings (SSSR count). The number of hydrogen-bond acceptors (Lipinski definition) is 3. The van der Waals surface area contributed by atoms with E-state index in [0.717, 1.165) is 22.5 Å². The first kappa shape index (κ1) is 19.9. The summed E-state index contributed by atoms with van der Waals surface area (Å²) >= 11 is 0. The number of carbonyl (C=O) groups excluding carboxylic acids is 2. The van der Waals surface area contributed by atoms with Crippen LogP contribution in [0.5, 0.6) is 0 Å². The predicted octanol–water partition coefficient (Wildman–Crippen LogP) is 3.98. The van der Waals surface area contributed by atoms with Crippen LogP contribution in [0.3, 0.4) is 0 Å². The molecule has 0 saturated carbocycles. The molecule has 154 valence electrons. The fraction of sp³-hybridized carbons (Fsp3) is 0.292. The van der Waals surface area contributed by atoms with E-state index >= 15 is 0 Å². The van der Waals surface area contributed by atoms with Crippen LogP contribution in [0, 0.1) is 19.8 Å². The lowest BCUT2D eigenvalue weighted by molar-refractivity contribution is -0.119. The number of fused-ring (bicyclic) bond motifs is 1. The number of aryl methyl sites for hydroxylation is 2. The van der Waals surface area contributed by atoms with Gasteiger partial charge in [-0.2, -0.15) is 5.10 Å². The Morgan fingerprint density at radius 3 is 2.50 bits per heavy atom. The Morgan fingerprint density at radius 2 is 1.83 bits per heavy atom. The van der Waals surface area contributed by atoms with Gasteiger partial charge in [-0.1, -0.05) is 49.7 Å². The van der Waals surface area contributed by atoms with Gasteiger partial charge in [0.25, 0.3) is 5.91 Å². The predicted molar refractivity (Wildman–Crippen MR) is 117 cm³/mol. The summed E-state index contributed by atoms with van der Waals surface area (Å²) in [6.07, 6.45) is 0. The zero-order valence-electron chi connectivity index (χ0n) is 17.6. The highest BCUT2D eigenvalue weighted by molar-refractivity contribution is 6.03. The van der Waals surface area contributed by atoms with Crippen molar-refractivity contribution in [2.45, 2.75) is 39.7 Å². The van der Waals surface area contributed by atoms with Crippen LogP contribution in [0.2, 0.25) is 0 Å². The molecular formula is C24H26N4O2. The molecule has 0 spiro atoms. The largest absolute Gasteiger partial charge is 0.340 e. The van der Waals surface area contributed by atoms with Crippen LogP contribution < -0.4 is 10.6 Å². The number of nitrogens with zero attached hydrogens (tertiary/aromatic N) is 2. The highest BCUT2D eigenvalue weighted by atomic mass is 16.2. The van der Waals surface area contributed by atoms with Crippen molar-refractivity contribution in [1.29, 1.82) is 0 Å². The van der Waals surface area contributed by atoms with Crippen molar-refractivity contribution < 1.29 is 9.59 Å². The minimum Gasteiger partial charge on any atom is -0.340 e. The summed E-state index contributed by atoms with van der Waals surface area (Å²) < 4.78 is 1.77. The third-order valence-electron chi connectivity index (χ3n) is 5.61. The molecule has 2 amide bonds. The van der Waals surface area contributed by atoms with Crippen LogP contribution >= 0.6 is 0 Å². The minimum atomic E-state index is -0.669. The second-order valence-corrected chi connectivity index (χ2v) is 8.17. The summed E-state index contributed by atoms with van der Waals surface area (Å²) in [5.74, 6) is 0.161. The zero-order valence-corrected chi connectivity index (χ0v) is 17.6. The summed E-state index contributed by atoms with van der Waals surface area (Å²) in [4.78, 5) is 26.0. The van der Waals surface area contributed by atoms with Crippen LogP contribution in [0.4, 0.5) is 5.82 Å². The molecule has 0 aliphatic carbocycles. The molecule has 0 saturated heterocycles. The number of amides is 2. The van der Waals surface area contributed by atoms with Crippen molar-refractivity contribution in [2.75, 3.05) is 5.32 Å². The first-order chi connectivity index (χ1) is 14.4. The monoisotopic (exact) mass is 402 g/mol. The molecule has 3 aromatic rings. The van der Waals surface area contributed by atoms with Gasteiger partial charge in [0.05, 0.1) is 11.4 Å². The molecule has 2 heterocycles. The summed E-state index contributed by atoms with van der Waals surface area (Å²) in [5.41, 5.74) is 4.25. The number of rotatable bonds is 4. The molecule has 2 aromatic carbocycles. The van der Waals surface area contributed by atoms with E-state index in [4.69, 9.17) is 5.10 Å². The van der Waals surface area contributed by atoms with Gasteiger partial charge in [0.2, 0.25) is 5.91 Å². The number of carbonyl (C=O) groups is 2. The van der Waals surface area contributed by atoms with Gasteiger partial charge >= 0.3 is 0 Å². The Balaban J connectivity index is 1.73. The maximum Gasteiger partial charge on any atom is 0.251 e. The first-order valence-electron chi connectivity index (χ1n) is 10.2. The average molecular weight is 402 g/mol. The second-order valence-electron chi connectivity index (χ2n) is 8.17. The van der Waals surface area contributed by atoms with Gasteiger partial charge in [0.1, 0.15) is 11.9 Å². The van der Waals surface area contributed by atoms with Crippen LogP contribution in [0.15, 0.2) is 54.6 Å². The fourth-order valence-corrected chi connectivity index (χ4v) is 4.22. The summed E-state index contributed by atoms with van der Waals surface area (Å²) in [6, 6.07) is 16.4. The molecule has 1 unspecified atom stereocenters. The van der Waals surface area contributed by atoms with Gasteiger partial charge in [-0.15, -0.1) is 0 Å². The standard InChI is InChI=1S/C24H26N4O2/c1-14(2)19-20-16(4)27-28(18-11-6-5-7-12-18)22(20)26-24(30)21(19)25-23(29)17-10-8-9-15(3)13-17/h5-14,19,21H,1-4H3,(H,25,29)(H,26,30)/t19?,21-/m0/s1. The van der Waals surface area contributed by atoms with Crippen LogP contribution in [-0.4, -0.2) is 27.6 Å². The molecule has 0 bridgehead atoms. The number of para-hydroxylation sites is 1. The number of anilines is 1. The number of hydrogen-bond donors (Lipinski definition) is 2. The van der Waals surface area contributed by atoms with E-state index in [2.05, 4.69) is 24.5 Å². The van der Waals surface area contributed by atoms with Gasteiger partial charge in [-0.25, -0.2) is 4.68 Å². The Kier molecular flexibility index (Phi) is 5.16. The van der Waals surface area contributed by atoms with E-state index in [-0.39, 0.29) is 23.7 Å². The van der Waals surface area contributed by atoms with Crippen molar-refractivity contribution in [3.8, 4) is 5.69 Å².